The van der Waals surface area contributed by atoms with Gasteiger partial charge in [-0.1, -0.05) is 20.8 Å². The second-order valence-corrected chi connectivity index (χ2v) is 6.13. The molecule has 0 aliphatic carbocycles. The molecule has 1 rings (SSSR count). The highest BCUT2D eigenvalue weighted by Crippen LogP contribution is 2.26. The maximum absolute atomic E-state index is 12.3. The monoisotopic (exact) mass is 299 g/mol. The third-order valence-corrected chi connectivity index (χ3v) is 3.42. The van der Waals surface area contributed by atoms with E-state index < -0.39 is 0 Å². The predicted octanol–water partition coefficient (Wildman–Crippen LogP) is 3.17. The summed E-state index contributed by atoms with van der Waals surface area (Å²) >= 11 is 5.79. The number of alkyl halides is 1. The van der Waals surface area contributed by atoms with E-state index in [9.17, 15) is 9.90 Å². The van der Waals surface area contributed by atoms with Gasteiger partial charge in [0.1, 0.15) is 11.5 Å². The van der Waals surface area contributed by atoms with E-state index in [0.717, 1.165) is 0 Å². The summed E-state index contributed by atoms with van der Waals surface area (Å²) < 4.78 is 5.07. The SMILES string of the molecule is COc1ccc(O)c(C(=O)NC(CCCl)C(C)(C)C)c1. The van der Waals surface area contributed by atoms with Crippen molar-refractivity contribution in [1.82, 2.24) is 5.32 Å². The molecule has 0 saturated carbocycles. The van der Waals surface area contributed by atoms with E-state index in [1.165, 1.54) is 19.2 Å². The molecule has 0 heterocycles. The van der Waals surface area contributed by atoms with Crippen LogP contribution in [0.25, 0.3) is 0 Å². The summed E-state index contributed by atoms with van der Waals surface area (Å²) in [7, 11) is 1.51. The number of benzene rings is 1. The molecule has 1 amide bonds. The van der Waals surface area contributed by atoms with Crippen LogP contribution < -0.4 is 10.1 Å². The molecule has 1 atom stereocenters. The number of ether oxygens (including phenoxy) is 1. The molecule has 0 aliphatic heterocycles. The van der Waals surface area contributed by atoms with Crippen molar-refractivity contribution < 1.29 is 14.6 Å². The Labute approximate surface area is 125 Å². The maximum Gasteiger partial charge on any atom is 0.255 e. The van der Waals surface area contributed by atoms with E-state index >= 15 is 0 Å². The van der Waals surface area contributed by atoms with Gasteiger partial charge in [0.05, 0.1) is 12.7 Å². The Bertz CT molecular complexity index is 469. The first kappa shape index (κ1) is 16.6. The number of halogens is 1. The number of aromatic hydroxyl groups is 1. The summed E-state index contributed by atoms with van der Waals surface area (Å²) in [6.45, 7) is 6.11. The molecule has 0 bridgehead atoms. The van der Waals surface area contributed by atoms with Gasteiger partial charge in [-0.3, -0.25) is 4.79 Å². The molecule has 0 fully saturated rings. The minimum absolute atomic E-state index is 0.0677. The van der Waals surface area contributed by atoms with Gasteiger partial charge in [-0.25, -0.2) is 0 Å². The van der Waals surface area contributed by atoms with Crippen molar-refractivity contribution in [3.63, 3.8) is 0 Å². The number of carbonyl (C=O) groups is 1. The van der Waals surface area contributed by atoms with Crippen molar-refractivity contribution >= 4 is 17.5 Å². The zero-order chi connectivity index (χ0) is 15.3. The van der Waals surface area contributed by atoms with Crippen LogP contribution in [0.2, 0.25) is 0 Å². The summed E-state index contributed by atoms with van der Waals surface area (Å²) in [5.41, 5.74) is 0.0899. The molecule has 5 heteroatoms. The van der Waals surface area contributed by atoms with Gasteiger partial charge in [0.25, 0.3) is 5.91 Å². The Balaban J connectivity index is 2.94. The molecule has 0 aromatic heterocycles. The Kier molecular flexibility index (Phi) is 5.69. The van der Waals surface area contributed by atoms with Crippen molar-refractivity contribution in [3.8, 4) is 11.5 Å². The second-order valence-electron chi connectivity index (χ2n) is 5.75. The number of nitrogens with one attached hydrogen (secondary N) is 1. The number of hydrogen-bond acceptors (Lipinski definition) is 3. The van der Waals surface area contributed by atoms with E-state index in [2.05, 4.69) is 5.32 Å². The first-order chi connectivity index (χ1) is 9.29. The molecule has 1 unspecified atom stereocenters. The van der Waals surface area contributed by atoms with Gasteiger partial charge in [-0.05, 0) is 30.0 Å². The lowest BCUT2D eigenvalue weighted by atomic mass is 9.85. The standard InChI is InChI=1S/C15H22ClNO3/c1-15(2,3)13(7-8-16)17-14(19)11-9-10(20-4)5-6-12(11)18/h5-6,9,13,18H,7-8H2,1-4H3,(H,17,19). The smallest absolute Gasteiger partial charge is 0.255 e. The quantitative estimate of drug-likeness (QED) is 0.821. The van der Waals surface area contributed by atoms with Crippen molar-refractivity contribution in [2.24, 2.45) is 5.41 Å². The van der Waals surface area contributed by atoms with Gasteiger partial charge >= 0.3 is 0 Å². The van der Waals surface area contributed by atoms with Gasteiger partial charge in [-0.2, -0.15) is 0 Å². The van der Waals surface area contributed by atoms with Crippen molar-refractivity contribution in [1.29, 1.82) is 0 Å². The van der Waals surface area contributed by atoms with Crippen molar-refractivity contribution in [2.75, 3.05) is 13.0 Å². The Morgan fingerprint density at radius 2 is 2.10 bits per heavy atom. The molecule has 0 saturated heterocycles. The molecule has 112 valence electrons. The molecule has 1 aromatic carbocycles. The Morgan fingerprint density at radius 3 is 2.60 bits per heavy atom. The summed E-state index contributed by atoms with van der Waals surface area (Å²) in [5.74, 6) is 0.595. The zero-order valence-electron chi connectivity index (χ0n) is 12.4. The number of phenols is 1. The van der Waals surface area contributed by atoms with Crippen LogP contribution in [-0.2, 0) is 0 Å². The van der Waals surface area contributed by atoms with Gasteiger partial charge in [0, 0.05) is 11.9 Å². The fourth-order valence-corrected chi connectivity index (χ4v) is 2.11. The van der Waals surface area contributed by atoms with Crippen molar-refractivity contribution in [3.05, 3.63) is 23.8 Å². The van der Waals surface area contributed by atoms with Gasteiger partial charge < -0.3 is 15.2 Å². The Morgan fingerprint density at radius 1 is 1.45 bits per heavy atom. The van der Waals surface area contributed by atoms with E-state index in [1.54, 1.807) is 6.07 Å². The second kappa shape index (κ2) is 6.84. The fourth-order valence-electron chi connectivity index (χ4n) is 1.89. The number of rotatable bonds is 5. The molecular formula is C15H22ClNO3. The lowest BCUT2D eigenvalue weighted by molar-refractivity contribution is 0.0897. The summed E-state index contributed by atoms with van der Waals surface area (Å²) in [5, 5.41) is 12.7. The average molecular weight is 300 g/mol. The number of phenolic OH excluding ortho intramolecular Hbond substituents is 1. The van der Waals surface area contributed by atoms with Gasteiger partial charge in [0.2, 0.25) is 0 Å². The van der Waals surface area contributed by atoms with Crippen LogP contribution in [0, 0.1) is 5.41 Å². The van der Waals surface area contributed by atoms with Gasteiger partial charge in [0.15, 0.2) is 0 Å². The average Bonchev–Trinajstić information content (AvgIpc) is 2.37. The van der Waals surface area contributed by atoms with E-state index in [4.69, 9.17) is 16.3 Å². The zero-order valence-corrected chi connectivity index (χ0v) is 13.1. The van der Waals surface area contributed by atoms with Crippen LogP contribution in [0.1, 0.15) is 37.6 Å². The number of methoxy groups -OCH3 is 1. The third-order valence-electron chi connectivity index (χ3n) is 3.20. The molecule has 4 nitrogen and oxygen atoms in total. The minimum Gasteiger partial charge on any atom is -0.507 e. The van der Waals surface area contributed by atoms with E-state index in [-0.39, 0.29) is 28.7 Å². The number of carbonyl (C=O) groups excluding carboxylic acids is 1. The fraction of sp³-hybridized carbons (Fsp3) is 0.533. The molecule has 20 heavy (non-hydrogen) atoms. The summed E-state index contributed by atoms with van der Waals surface area (Å²) in [4.78, 5) is 12.3. The summed E-state index contributed by atoms with van der Waals surface area (Å²) in [6, 6.07) is 4.50. The lowest BCUT2D eigenvalue weighted by Gasteiger charge is -2.31. The minimum atomic E-state index is -0.327. The van der Waals surface area contributed by atoms with Crippen LogP contribution in [0.5, 0.6) is 11.5 Å². The number of amides is 1. The lowest BCUT2D eigenvalue weighted by Crippen LogP contribution is -2.44. The molecule has 0 spiro atoms. The number of hydrogen-bond donors (Lipinski definition) is 2. The van der Waals surface area contributed by atoms with E-state index in [1.807, 2.05) is 20.8 Å². The first-order valence-corrected chi connectivity index (χ1v) is 7.07. The summed E-state index contributed by atoms with van der Waals surface area (Å²) in [6.07, 6.45) is 0.668. The first-order valence-electron chi connectivity index (χ1n) is 6.53. The highest BCUT2D eigenvalue weighted by atomic mass is 35.5. The molecule has 2 N–H and O–H groups in total. The Hall–Kier alpha value is -1.42. The van der Waals surface area contributed by atoms with E-state index in [0.29, 0.717) is 18.1 Å². The molecule has 0 aliphatic rings. The topological polar surface area (TPSA) is 58.6 Å². The van der Waals surface area contributed by atoms with Crippen LogP contribution in [0.4, 0.5) is 0 Å². The molecule has 1 aromatic rings. The van der Waals surface area contributed by atoms with Crippen molar-refractivity contribution in [2.45, 2.75) is 33.2 Å². The predicted molar refractivity (Wildman–Crippen MR) is 80.7 cm³/mol. The van der Waals surface area contributed by atoms with Gasteiger partial charge in [-0.15, -0.1) is 11.6 Å². The van der Waals surface area contributed by atoms with Crippen LogP contribution >= 0.6 is 11.6 Å². The highest BCUT2D eigenvalue weighted by molar-refractivity contribution is 6.17. The molecule has 0 radical (unpaired) electrons. The maximum atomic E-state index is 12.3. The largest absolute Gasteiger partial charge is 0.507 e. The third kappa shape index (κ3) is 4.30. The highest BCUT2D eigenvalue weighted by Gasteiger charge is 2.26. The molecular weight excluding hydrogens is 278 g/mol. The van der Waals surface area contributed by atoms with Crippen LogP contribution in [0.3, 0.4) is 0 Å². The normalized spacial score (nSPS) is 12.8. The van der Waals surface area contributed by atoms with Crippen LogP contribution in [-0.4, -0.2) is 30.0 Å². The van der Waals surface area contributed by atoms with Crippen LogP contribution in [0.15, 0.2) is 18.2 Å².